The Morgan fingerprint density at radius 2 is 1.75 bits per heavy atom. The van der Waals surface area contributed by atoms with Gasteiger partial charge in [-0.1, -0.05) is 12.1 Å². The van der Waals surface area contributed by atoms with Gasteiger partial charge in [0.2, 0.25) is 5.91 Å². The lowest BCUT2D eigenvalue weighted by Gasteiger charge is -2.32. The minimum absolute atomic E-state index is 0.173. The smallest absolute Gasteiger partial charge is 0.399 e. The highest BCUT2D eigenvalue weighted by Crippen LogP contribution is 2.36. The highest BCUT2D eigenvalue weighted by atomic mass is 16.7. The fraction of sp³-hybridized carbons (Fsp3) is 0.429. The number of rotatable bonds is 3. The molecular weight excluding hydrogens is 257 g/mol. The molecule has 2 N–H and O–H groups in total. The molecule has 1 aliphatic rings. The van der Waals surface area contributed by atoms with Crippen molar-refractivity contribution in [2.45, 2.75) is 38.9 Å². The fourth-order valence-electron chi connectivity index (χ4n) is 2.02. The summed E-state index contributed by atoms with van der Waals surface area (Å²) in [4.78, 5) is 22.3. The summed E-state index contributed by atoms with van der Waals surface area (Å²) in [5.74, 6) is -0.648. The molecule has 1 saturated heterocycles. The van der Waals surface area contributed by atoms with E-state index < -0.39 is 24.2 Å². The molecule has 0 unspecified atom stereocenters. The molecule has 0 bridgehead atoms. The number of benzene rings is 1. The number of nitrogens with two attached hydrogens (primary N) is 1. The van der Waals surface area contributed by atoms with Crippen LogP contribution in [-0.4, -0.2) is 30.5 Å². The van der Waals surface area contributed by atoms with Gasteiger partial charge >= 0.3 is 7.12 Å². The Morgan fingerprint density at radius 1 is 1.20 bits per heavy atom. The monoisotopic (exact) mass is 275 g/mol. The maximum absolute atomic E-state index is 11.4. The van der Waals surface area contributed by atoms with Gasteiger partial charge in [0.25, 0.3) is 0 Å². The molecule has 1 aromatic carbocycles. The van der Waals surface area contributed by atoms with Crippen molar-refractivity contribution in [1.82, 2.24) is 0 Å². The quantitative estimate of drug-likeness (QED) is 0.656. The zero-order valence-corrected chi connectivity index (χ0v) is 12.1. The van der Waals surface area contributed by atoms with Gasteiger partial charge in [-0.3, -0.25) is 9.59 Å². The van der Waals surface area contributed by atoms with Crippen molar-refractivity contribution in [2.24, 2.45) is 5.73 Å². The fourth-order valence-corrected chi connectivity index (χ4v) is 2.02. The summed E-state index contributed by atoms with van der Waals surface area (Å²) in [5, 5.41) is 0. The Bertz CT molecular complexity index is 552. The molecule has 0 radical (unpaired) electrons. The molecule has 0 saturated carbocycles. The molecule has 0 aromatic heterocycles. The molecule has 0 aliphatic carbocycles. The highest BCUT2D eigenvalue weighted by molar-refractivity contribution is 6.62. The lowest BCUT2D eigenvalue weighted by atomic mass is 9.77. The van der Waals surface area contributed by atoms with Crippen LogP contribution in [0, 0.1) is 0 Å². The average Bonchev–Trinajstić information content (AvgIpc) is 2.57. The number of aldehydes is 1. The van der Waals surface area contributed by atoms with Crippen LogP contribution in [0.2, 0.25) is 0 Å². The van der Waals surface area contributed by atoms with Crippen molar-refractivity contribution in [2.75, 3.05) is 0 Å². The van der Waals surface area contributed by atoms with E-state index in [1.807, 2.05) is 27.7 Å². The molecule has 1 aromatic rings. The van der Waals surface area contributed by atoms with Crippen molar-refractivity contribution >= 4 is 24.8 Å². The first-order valence-electron chi connectivity index (χ1n) is 6.42. The molecule has 106 valence electrons. The Labute approximate surface area is 118 Å². The van der Waals surface area contributed by atoms with Crippen LogP contribution in [0.15, 0.2) is 18.2 Å². The molecule has 5 nitrogen and oxygen atoms in total. The summed E-state index contributed by atoms with van der Waals surface area (Å²) in [6.45, 7) is 7.78. The Morgan fingerprint density at radius 3 is 2.20 bits per heavy atom. The van der Waals surface area contributed by atoms with E-state index in [2.05, 4.69) is 0 Å². The summed E-state index contributed by atoms with van der Waals surface area (Å²) in [6.07, 6.45) is 0.605. The Balaban J connectivity index is 2.39. The first-order chi connectivity index (χ1) is 9.18. The summed E-state index contributed by atoms with van der Waals surface area (Å²) < 4.78 is 11.8. The average molecular weight is 275 g/mol. The number of hydrogen-bond acceptors (Lipinski definition) is 4. The molecule has 0 atom stereocenters. The second-order valence-electron chi connectivity index (χ2n) is 5.92. The third kappa shape index (κ3) is 2.36. The van der Waals surface area contributed by atoms with Gasteiger partial charge in [0, 0.05) is 11.1 Å². The van der Waals surface area contributed by atoms with E-state index in [1.54, 1.807) is 18.2 Å². The van der Waals surface area contributed by atoms with E-state index in [-0.39, 0.29) is 11.1 Å². The number of primary amides is 1. The van der Waals surface area contributed by atoms with Gasteiger partial charge in [-0.2, -0.15) is 0 Å². The minimum atomic E-state index is -0.648. The van der Waals surface area contributed by atoms with Gasteiger partial charge in [0.05, 0.1) is 11.2 Å². The number of hydrogen-bond donors (Lipinski definition) is 1. The summed E-state index contributed by atoms with van der Waals surface area (Å²) in [6, 6.07) is 4.81. The second-order valence-corrected chi connectivity index (χ2v) is 5.92. The SMILES string of the molecule is CC1(C)OB(c2ccc(C=O)c(C(N)=O)c2)OC1(C)C. The van der Waals surface area contributed by atoms with Crippen molar-refractivity contribution in [3.8, 4) is 0 Å². The minimum Gasteiger partial charge on any atom is -0.399 e. The van der Waals surface area contributed by atoms with Gasteiger partial charge in [-0.05, 0) is 39.2 Å². The van der Waals surface area contributed by atoms with Crippen molar-refractivity contribution in [3.05, 3.63) is 29.3 Å². The maximum atomic E-state index is 11.4. The topological polar surface area (TPSA) is 78.6 Å². The first kappa shape index (κ1) is 14.7. The lowest BCUT2D eigenvalue weighted by molar-refractivity contribution is 0.00578. The zero-order valence-electron chi connectivity index (χ0n) is 12.1. The van der Waals surface area contributed by atoms with Crippen LogP contribution in [0.25, 0.3) is 0 Å². The van der Waals surface area contributed by atoms with E-state index in [4.69, 9.17) is 15.0 Å². The van der Waals surface area contributed by atoms with Crippen molar-refractivity contribution < 1.29 is 18.9 Å². The van der Waals surface area contributed by atoms with Crippen LogP contribution in [0.4, 0.5) is 0 Å². The lowest BCUT2D eigenvalue weighted by Crippen LogP contribution is -2.41. The number of carbonyl (C=O) groups excluding carboxylic acids is 2. The first-order valence-corrected chi connectivity index (χ1v) is 6.42. The van der Waals surface area contributed by atoms with E-state index in [0.29, 0.717) is 11.7 Å². The number of amides is 1. The van der Waals surface area contributed by atoms with E-state index in [1.165, 1.54) is 0 Å². The molecule has 2 rings (SSSR count). The zero-order chi connectivity index (χ0) is 15.1. The van der Waals surface area contributed by atoms with Gasteiger partial charge < -0.3 is 15.0 Å². The summed E-state index contributed by atoms with van der Waals surface area (Å²) in [7, 11) is -0.584. The molecular formula is C14H18BNO4. The molecule has 1 fully saturated rings. The van der Waals surface area contributed by atoms with Gasteiger partial charge in [-0.25, -0.2) is 0 Å². The largest absolute Gasteiger partial charge is 0.494 e. The maximum Gasteiger partial charge on any atom is 0.494 e. The second kappa shape index (κ2) is 4.72. The van der Waals surface area contributed by atoms with Crippen LogP contribution in [0.1, 0.15) is 48.4 Å². The summed E-state index contributed by atoms with van der Waals surface area (Å²) >= 11 is 0. The van der Waals surface area contributed by atoms with E-state index in [0.717, 1.165) is 0 Å². The highest BCUT2D eigenvalue weighted by Gasteiger charge is 2.51. The van der Waals surface area contributed by atoms with Crippen LogP contribution in [0.5, 0.6) is 0 Å². The van der Waals surface area contributed by atoms with Gasteiger partial charge in [0.1, 0.15) is 0 Å². The molecule has 6 heteroatoms. The van der Waals surface area contributed by atoms with E-state index >= 15 is 0 Å². The third-order valence-electron chi connectivity index (χ3n) is 4.00. The summed E-state index contributed by atoms with van der Waals surface area (Å²) in [5.41, 5.74) is 5.46. The van der Waals surface area contributed by atoms with Crippen LogP contribution in [0.3, 0.4) is 0 Å². The Kier molecular flexibility index (Phi) is 3.48. The van der Waals surface area contributed by atoms with Gasteiger partial charge in [0.15, 0.2) is 6.29 Å². The van der Waals surface area contributed by atoms with Crippen LogP contribution < -0.4 is 11.2 Å². The normalized spacial score (nSPS) is 19.9. The standard InChI is InChI=1S/C14H18BNO4/c1-13(2)14(3,4)20-15(19-13)10-6-5-9(8-17)11(7-10)12(16)18/h5-8H,1-4H3,(H2,16,18). The number of carbonyl (C=O) groups is 2. The molecule has 20 heavy (non-hydrogen) atoms. The molecule has 1 aliphatic heterocycles. The Hall–Kier alpha value is -1.66. The predicted molar refractivity (Wildman–Crippen MR) is 76.1 cm³/mol. The van der Waals surface area contributed by atoms with Crippen LogP contribution >= 0.6 is 0 Å². The van der Waals surface area contributed by atoms with Crippen LogP contribution in [-0.2, 0) is 9.31 Å². The molecule has 0 spiro atoms. The van der Waals surface area contributed by atoms with Crippen molar-refractivity contribution in [1.29, 1.82) is 0 Å². The molecule has 1 heterocycles. The van der Waals surface area contributed by atoms with Gasteiger partial charge in [-0.15, -0.1) is 0 Å². The predicted octanol–water partition coefficient (Wildman–Crippen LogP) is 0.897. The van der Waals surface area contributed by atoms with Crippen molar-refractivity contribution in [3.63, 3.8) is 0 Å². The molecule has 1 amide bonds. The third-order valence-corrected chi connectivity index (χ3v) is 4.00. The van der Waals surface area contributed by atoms with E-state index in [9.17, 15) is 9.59 Å².